The number of carboxylic acids is 1. The van der Waals surface area contributed by atoms with Gasteiger partial charge >= 0.3 is 5.97 Å². The lowest BCUT2D eigenvalue weighted by molar-refractivity contribution is -0.124. The van der Waals surface area contributed by atoms with Crippen LogP contribution in [0.25, 0.3) is 0 Å². The highest BCUT2D eigenvalue weighted by Gasteiger charge is 2.26. The van der Waals surface area contributed by atoms with Crippen molar-refractivity contribution in [3.05, 3.63) is 29.8 Å². The molecule has 0 aliphatic carbocycles. The van der Waals surface area contributed by atoms with Gasteiger partial charge in [0.1, 0.15) is 0 Å². The maximum Gasteiger partial charge on any atom is 0.337 e. The Morgan fingerprint density at radius 1 is 1.26 bits per heavy atom. The highest BCUT2D eigenvalue weighted by Crippen LogP contribution is 2.24. The fourth-order valence-electron chi connectivity index (χ4n) is 2.28. The monoisotopic (exact) mass is 263 g/mol. The van der Waals surface area contributed by atoms with Crippen LogP contribution in [0.2, 0.25) is 0 Å². The van der Waals surface area contributed by atoms with Crippen LogP contribution in [0.5, 0.6) is 0 Å². The number of carbonyl (C=O) groups is 2. The largest absolute Gasteiger partial charge is 0.478 e. The third kappa shape index (κ3) is 2.93. The van der Waals surface area contributed by atoms with E-state index in [9.17, 15) is 9.59 Å². The molecule has 1 aromatic rings. The highest BCUT2D eigenvalue weighted by atomic mass is 16.5. The molecule has 1 aromatic carbocycles. The van der Waals surface area contributed by atoms with Crippen molar-refractivity contribution in [3.8, 4) is 0 Å². The van der Waals surface area contributed by atoms with Gasteiger partial charge in [-0.25, -0.2) is 4.79 Å². The SMILES string of the molecule is CN(C(=O)C1CCOCC1)c1ccccc1C(=O)O. The number of benzene rings is 1. The zero-order valence-electron chi connectivity index (χ0n) is 10.8. The van der Waals surface area contributed by atoms with Gasteiger partial charge in [0, 0.05) is 26.2 Å². The van der Waals surface area contributed by atoms with Crippen molar-refractivity contribution >= 4 is 17.6 Å². The van der Waals surface area contributed by atoms with Crippen LogP contribution in [0.3, 0.4) is 0 Å². The predicted octanol–water partition coefficient (Wildman–Crippen LogP) is 1.77. The Bertz CT molecular complexity index is 480. The smallest absolute Gasteiger partial charge is 0.337 e. The first-order chi connectivity index (χ1) is 9.11. The van der Waals surface area contributed by atoms with Crippen LogP contribution in [0.15, 0.2) is 24.3 Å². The number of hydrogen-bond donors (Lipinski definition) is 1. The van der Waals surface area contributed by atoms with E-state index >= 15 is 0 Å². The van der Waals surface area contributed by atoms with Crippen molar-refractivity contribution in [1.29, 1.82) is 0 Å². The number of ether oxygens (including phenoxy) is 1. The van der Waals surface area contributed by atoms with E-state index in [0.717, 1.165) is 0 Å². The minimum Gasteiger partial charge on any atom is -0.478 e. The number of nitrogens with zero attached hydrogens (tertiary/aromatic N) is 1. The molecular formula is C14H17NO4. The fraction of sp³-hybridized carbons (Fsp3) is 0.429. The molecule has 1 heterocycles. The molecule has 0 saturated carbocycles. The first kappa shape index (κ1) is 13.5. The Balaban J connectivity index is 2.21. The molecule has 19 heavy (non-hydrogen) atoms. The Kier molecular flexibility index (Phi) is 4.16. The van der Waals surface area contributed by atoms with Crippen molar-refractivity contribution in [1.82, 2.24) is 0 Å². The maximum absolute atomic E-state index is 12.4. The lowest BCUT2D eigenvalue weighted by Gasteiger charge is -2.27. The Morgan fingerprint density at radius 3 is 2.53 bits per heavy atom. The first-order valence-electron chi connectivity index (χ1n) is 6.29. The number of rotatable bonds is 3. The molecule has 0 aromatic heterocycles. The summed E-state index contributed by atoms with van der Waals surface area (Å²) in [5.41, 5.74) is 0.580. The van der Waals surface area contributed by atoms with Crippen LogP contribution >= 0.6 is 0 Å². The van der Waals surface area contributed by atoms with Gasteiger partial charge in [-0.05, 0) is 25.0 Å². The van der Waals surface area contributed by atoms with Crippen molar-refractivity contribution < 1.29 is 19.4 Å². The molecule has 1 saturated heterocycles. The van der Waals surface area contributed by atoms with Crippen molar-refractivity contribution in [3.63, 3.8) is 0 Å². The van der Waals surface area contributed by atoms with Crippen molar-refractivity contribution in [2.24, 2.45) is 5.92 Å². The molecule has 102 valence electrons. The second-order valence-corrected chi connectivity index (χ2v) is 4.61. The molecule has 1 amide bonds. The normalized spacial score (nSPS) is 16.1. The van der Waals surface area contributed by atoms with Crippen molar-refractivity contribution in [2.45, 2.75) is 12.8 Å². The number of hydrogen-bond acceptors (Lipinski definition) is 3. The summed E-state index contributed by atoms with van der Waals surface area (Å²) in [4.78, 5) is 25.0. The zero-order valence-corrected chi connectivity index (χ0v) is 10.8. The van der Waals surface area contributed by atoms with E-state index in [1.165, 1.54) is 11.0 Å². The zero-order chi connectivity index (χ0) is 13.8. The van der Waals surface area contributed by atoms with Gasteiger partial charge in [0.15, 0.2) is 0 Å². The Labute approximate surface area is 111 Å². The summed E-state index contributed by atoms with van der Waals surface area (Å²) in [6.45, 7) is 1.18. The molecule has 1 aliphatic rings. The van der Waals surface area contributed by atoms with Crippen molar-refractivity contribution in [2.75, 3.05) is 25.2 Å². The standard InChI is InChI=1S/C14H17NO4/c1-15(13(16)10-6-8-19-9-7-10)12-5-3-2-4-11(12)14(17)18/h2-5,10H,6-9H2,1H3,(H,17,18). The molecule has 0 radical (unpaired) electrons. The van der Waals surface area contributed by atoms with Gasteiger partial charge < -0.3 is 14.7 Å². The summed E-state index contributed by atoms with van der Waals surface area (Å²) in [7, 11) is 1.62. The lowest BCUT2D eigenvalue weighted by atomic mass is 9.98. The molecular weight excluding hydrogens is 246 g/mol. The molecule has 0 spiro atoms. The van der Waals surface area contributed by atoms with Crippen LogP contribution in [-0.2, 0) is 9.53 Å². The van der Waals surface area contributed by atoms with Crippen LogP contribution < -0.4 is 4.90 Å². The highest BCUT2D eigenvalue weighted by molar-refractivity contribution is 6.02. The molecule has 5 nitrogen and oxygen atoms in total. The van der Waals surface area contributed by atoms with Gasteiger partial charge in [0.05, 0.1) is 11.3 Å². The van der Waals surface area contributed by atoms with E-state index in [1.54, 1.807) is 25.2 Å². The van der Waals surface area contributed by atoms with Crippen LogP contribution in [-0.4, -0.2) is 37.2 Å². The van der Waals surface area contributed by atoms with E-state index in [-0.39, 0.29) is 17.4 Å². The van der Waals surface area contributed by atoms with Gasteiger partial charge in [-0.3, -0.25) is 4.79 Å². The van der Waals surface area contributed by atoms with Gasteiger partial charge in [0.25, 0.3) is 0 Å². The van der Waals surface area contributed by atoms with Gasteiger partial charge in [0.2, 0.25) is 5.91 Å². The molecule has 0 unspecified atom stereocenters. The number of carbonyl (C=O) groups excluding carboxylic acids is 1. The Morgan fingerprint density at radius 2 is 1.89 bits per heavy atom. The second-order valence-electron chi connectivity index (χ2n) is 4.61. The van der Waals surface area contributed by atoms with E-state index < -0.39 is 5.97 Å². The maximum atomic E-state index is 12.4. The minimum atomic E-state index is -1.03. The summed E-state index contributed by atoms with van der Waals surface area (Å²) < 4.78 is 5.23. The van der Waals surface area contributed by atoms with Crippen LogP contribution in [0.1, 0.15) is 23.2 Å². The van der Waals surface area contributed by atoms with E-state index in [1.807, 2.05) is 0 Å². The summed E-state index contributed by atoms with van der Waals surface area (Å²) in [6, 6.07) is 6.54. The Hall–Kier alpha value is -1.88. The van der Waals surface area contributed by atoms with Crippen LogP contribution in [0, 0.1) is 5.92 Å². The number of anilines is 1. The minimum absolute atomic E-state index is 0.0444. The van der Waals surface area contributed by atoms with E-state index in [2.05, 4.69) is 0 Å². The third-order valence-corrected chi connectivity index (χ3v) is 3.40. The molecule has 1 N–H and O–H groups in total. The average Bonchev–Trinajstić information content (AvgIpc) is 2.46. The molecule has 0 bridgehead atoms. The molecule has 0 atom stereocenters. The van der Waals surface area contributed by atoms with Gasteiger partial charge in [-0.1, -0.05) is 12.1 Å². The quantitative estimate of drug-likeness (QED) is 0.902. The summed E-state index contributed by atoms with van der Waals surface area (Å²) >= 11 is 0. The van der Waals surface area contributed by atoms with E-state index in [0.29, 0.717) is 31.7 Å². The molecule has 5 heteroatoms. The lowest BCUT2D eigenvalue weighted by Crippen LogP contribution is -2.36. The fourth-order valence-corrected chi connectivity index (χ4v) is 2.28. The second kappa shape index (κ2) is 5.84. The van der Waals surface area contributed by atoms with Gasteiger partial charge in [-0.2, -0.15) is 0 Å². The van der Waals surface area contributed by atoms with Crippen LogP contribution in [0.4, 0.5) is 5.69 Å². The number of aromatic carboxylic acids is 1. The number of amides is 1. The third-order valence-electron chi connectivity index (χ3n) is 3.40. The average molecular weight is 263 g/mol. The number of carboxylic acid groups (broad SMARTS) is 1. The predicted molar refractivity (Wildman–Crippen MR) is 70.4 cm³/mol. The topological polar surface area (TPSA) is 66.8 Å². The summed E-state index contributed by atoms with van der Waals surface area (Å²) in [5, 5.41) is 9.15. The van der Waals surface area contributed by atoms with E-state index in [4.69, 9.17) is 9.84 Å². The molecule has 1 fully saturated rings. The number of para-hydroxylation sites is 1. The summed E-state index contributed by atoms with van der Waals surface area (Å²) in [6.07, 6.45) is 1.39. The first-order valence-corrected chi connectivity index (χ1v) is 6.29. The summed E-state index contributed by atoms with van der Waals surface area (Å²) in [5.74, 6) is -1.15. The molecule has 2 rings (SSSR count). The molecule has 1 aliphatic heterocycles. The van der Waals surface area contributed by atoms with Gasteiger partial charge in [-0.15, -0.1) is 0 Å².